The molecule has 0 atom stereocenters. The molecule has 156 valence electrons. The molecule has 3 aromatic rings. The molecular weight excluding hydrogens is 382 g/mol. The third-order valence-electron chi connectivity index (χ3n) is 6.76. The van der Waals surface area contributed by atoms with Crippen molar-refractivity contribution in [1.29, 1.82) is 5.26 Å². The summed E-state index contributed by atoms with van der Waals surface area (Å²) in [6.45, 7) is 5.19. The molecule has 2 aliphatic heterocycles. The molecule has 2 fully saturated rings. The molecule has 0 unspecified atom stereocenters. The highest BCUT2D eigenvalue weighted by Crippen LogP contribution is 2.35. The highest BCUT2D eigenvalue weighted by atomic mass is 15.3. The van der Waals surface area contributed by atoms with E-state index in [1.807, 2.05) is 30.5 Å². The smallest absolute Gasteiger partial charge is 0.225 e. The molecule has 1 aromatic heterocycles. The molecule has 1 spiro atoms. The predicted octanol–water partition coefficient (Wildman–Crippen LogP) is 4.71. The summed E-state index contributed by atoms with van der Waals surface area (Å²) >= 11 is 0. The average Bonchev–Trinajstić information content (AvgIpc) is 3.28. The fourth-order valence-electron chi connectivity index (χ4n) is 4.82. The van der Waals surface area contributed by atoms with E-state index in [1.54, 1.807) is 0 Å². The molecule has 31 heavy (non-hydrogen) atoms. The van der Waals surface area contributed by atoms with Gasteiger partial charge >= 0.3 is 0 Å². The largest absolute Gasteiger partial charge is 0.341 e. The topological polar surface area (TPSA) is 64.8 Å². The quantitative estimate of drug-likeness (QED) is 0.678. The molecule has 5 nitrogen and oxygen atoms in total. The first-order chi connectivity index (χ1) is 15.2. The van der Waals surface area contributed by atoms with Gasteiger partial charge in [0, 0.05) is 36.0 Å². The molecule has 2 aromatic carbocycles. The Labute approximate surface area is 183 Å². The monoisotopic (exact) mass is 409 g/mol. The van der Waals surface area contributed by atoms with E-state index in [2.05, 4.69) is 47.5 Å². The number of anilines is 1. The molecule has 0 radical (unpaired) electrons. The Morgan fingerprint density at radius 2 is 1.68 bits per heavy atom. The van der Waals surface area contributed by atoms with Gasteiger partial charge in [0.05, 0.1) is 17.3 Å². The van der Waals surface area contributed by atoms with Crippen LogP contribution in [0.25, 0.3) is 22.4 Å². The second-order valence-electron chi connectivity index (χ2n) is 8.79. The number of nitriles is 1. The maximum Gasteiger partial charge on any atom is 0.225 e. The molecule has 0 aliphatic carbocycles. The number of rotatable bonds is 3. The lowest BCUT2D eigenvalue weighted by Crippen LogP contribution is -2.50. The second kappa shape index (κ2) is 8.13. The Balaban J connectivity index is 1.51. The van der Waals surface area contributed by atoms with Crippen molar-refractivity contribution >= 4 is 5.95 Å². The van der Waals surface area contributed by atoms with E-state index in [0.29, 0.717) is 11.1 Å². The van der Waals surface area contributed by atoms with Crippen molar-refractivity contribution in [3.8, 4) is 28.5 Å². The van der Waals surface area contributed by atoms with E-state index >= 15 is 0 Å². The summed E-state index contributed by atoms with van der Waals surface area (Å²) in [5.74, 6) is 0.795. The van der Waals surface area contributed by atoms with Crippen LogP contribution in [0.15, 0.2) is 54.7 Å². The van der Waals surface area contributed by atoms with Crippen LogP contribution in [0.4, 0.5) is 5.95 Å². The average molecular weight is 410 g/mol. The minimum Gasteiger partial charge on any atom is -0.341 e. The molecule has 2 aliphatic rings. The predicted molar refractivity (Wildman–Crippen MR) is 124 cm³/mol. The van der Waals surface area contributed by atoms with Crippen LogP contribution in [0.5, 0.6) is 0 Å². The molecule has 0 saturated carbocycles. The molecular formula is C26H27N5. The van der Waals surface area contributed by atoms with Gasteiger partial charge in [-0.15, -0.1) is 0 Å². The number of aromatic nitrogens is 2. The summed E-state index contributed by atoms with van der Waals surface area (Å²) in [5, 5.41) is 12.9. The van der Waals surface area contributed by atoms with Gasteiger partial charge < -0.3 is 10.2 Å². The zero-order chi connectivity index (χ0) is 21.3. The molecule has 1 N–H and O–H groups in total. The highest BCUT2D eigenvalue weighted by Gasteiger charge is 2.37. The number of piperidine rings is 1. The van der Waals surface area contributed by atoms with E-state index in [1.165, 1.54) is 18.4 Å². The SMILES string of the molecule is Cc1ccc(-c2cnc(N3CCC4(CCCN4)CC3)nc2-c2ccc(C#N)cc2)cc1. The summed E-state index contributed by atoms with van der Waals surface area (Å²) < 4.78 is 0. The Bertz CT molecular complexity index is 1100. The summed E-state index contributed by atoms with van der Waals surface area (Å²) in [6.07, 6.45) is 6.80. The first-order valence-electron chi connectivity index (χ1n) is 11.1. The minimum absolute atomic E-state index is 0.328. The number of nitrogens with one attached hydrogen (secondary N) is 1. The lowest BCUT2D eigenvalue weighted by Gasteiger charge is -2.39. The third-order valence-corrected chi connectivity index (χ3v) is 6.76. The molecule has 3 heterocycles. The Hall–Kier alpha value is -3.23. The fourth-order valence-corrected chi connectivity index (χ4v) is 4.82. The van der Waals surface area contributed by atoms with Crippen molar-refractivity contribution in [3.63, 3.8) is 0 Å². The van der Waals surface area contributed by atoms with Crippen molar-refractivity contribution in [3.05, 3.63) is 65.9 Å². The van der Waals surface area contributed by atoms with Crippen molar-refractivity contribution in [2.45, 2.75) is 38.1 Å². The maximum atomic E-state index is 9.17. The van der Waals surface area contributed by atoms with Crippen molar-refractivity contribution in [2.75, 3.05) is 24.5 Å². The first-order valence-corrected chi connectivity index (χ1v) is 11.1. The number of benzene rings is 2. The summed E-state index contributed by atoms with van der Waals surface area (Å²) in [7, 11) is 0. The lowest BCUT2D eigenvalue weighted by atomic mass is 9.86. The second-order valence-corrected chi connectivity index (χ2v) is 8.79. The molecule has 2 saturated heterocycles. The van der Waals surface area contributed by atoms with Crippen molar-refractivity contribution in [1.82, 2.24) is 15.3 Å². The molecule has 5 heteroatoms. The van der Waals surface area contributed by atoms with Gasteiger partial charge in [0.1, 0.15) is 0 Å². The first kappa shape index (κ1) is 19.7. The number of hydrogen-bond acceptors (Lipinski definition) is 5. The maximum absolute atomic E-state index is 9.17. The minimum atomic E-state index is 0.328. The number of hydrogen-bond donors (Lipinski definition) is 1. The van der Waals surface area contributed by atoms with Crippen molar-refractivity contribution in [2.24, 2.45) is 0 Å². The van der Waals surface area contributed by atoms with Crippen LogP contribution in [0, 0.1) is 18.3 Å². The van der Waals surface area contributed by atoms with Crippen LogP contribution < -0.4 is 10.2 Å². The summed E-state index contributed by atoms with van der Waals surface area (Å²) in [6, 6.07) is 18.3. The Morgan fingerprint density at radius 3 is 2.32 bits per heavy atom. The summed E-state index contributed by atoms with van der Waals surface area (Å²) in [5.41, 5.74) is 6.24. The van der Waals surface area contributed by atoms with Crippen LogP contribution in [0.2, 0.25) is 0 Å². The van der Waals surface area contributed by atoms with E-state index in [0.717, 1.165) is 60.8 Å². The zero-order valence-corrected chi connectivity index (χ0v) is 17.9. The summed E-state index contributed by atoms with van der Waals surface area (Å²) in [4.78, 5) is 12.1. The van der Waals surface area contributed by atoms with Crippen LogP contribution >= 0.6 is 0 Å². The van der Waals surface area contributed by atoms with E-state index < -0.39 is 0 Å². The lowest BCUT2D eigenvalue weighted by molar-refractivity contribution is 0.295. The molecule has 5 rings (SSSR count). The number of aryl methyl sites for hydroxylation is 1. The van der Waals surface area contributed by atoms with Gasteiger partial charge in [0.2, 0.25) is 5.95 Å². The van der Waals surface area contributed by atoms with Gasteiger partial charge in [-0.05, 0) is 56.8 Å². The molecule has 0 amide bonds. The fraction of sp³-hybridized carbons (Fsp3) is 0.346. The van der Waals surface area contributed by atoms with Crippen LogP contribution in [0.1, 0.15) is 36.8 Å². The standard InChI is InChI=1S/C26H27N5/c1-19-3-7-21(8-4-19)23-18-28-25(30-24(23)22-9-5-20(17-27)6-10-22)31-15-12-26(13-16-31)11-2-14-29-26/h3-10,18,29H,2,11-16H2,1H3. The van der Waals surface area contributed by atoms with Crippen LogP contribution in [0.3, 0.4) is 0 Å². The normalized spacial score (nSPS) is 17.6. The van der Waals surface area contributed by atoms with E-state index in [4.69, 9.17) is 9.97 Å². The van der Waals surface area contributed by atoms with Gasteiger partial charge in [-0.1, -0.05) is 42.0 Å². The van der Waals surface area contributed by atoms with Gasteiger partial charge in [-0.2, -0.15) is 5.26 Å². The van der Waals surface area contributed by atoms with Gasteiger partial charge in [-0.3, -0.25) is 0 Å². The van der Waals surface area contributed by atoms with Crippen LogP contribution in [-0.2, 0) is 0 Å². The van der Waals surface area contributed by atoms with E-state index in [9.17, 15) is 5.26 Å². The van der Waals surface area contributed by atoms with Gasteiger partial charge in [0.15, 0.2) is 0 Å². The van der Waals surface area contributed by atoms with Crippen molar-refractivity contribution < 1.29 is 0 Å². The highest BCUT2D eigenvalue weighted by molar-refractivity contribution is 5.81. The number of nitrogens with zero attached hydrogens (tertiary/aromatic N) is 4. The Morgan fingerprint density at radius 1 is 0.968 bits per heavy atom. The van der Waals surface area contributed by atoms with Gasteiger partial charge in [-0.25, -0.2) is 9.97 Å². The van der Waals surface area contributed by atoms with Gasteiger partial charge in [0.25, 0.3) is 0 Å². The van der Waals surface area contributed by atoms with E-state index in [-0.39, 0.29) is 0 Å². The third kappa shape index (κ3) is 3.92. The van der Waals surface area contributed by atoms with Crippen LogP contribution in [-0.4, -0.2) is 35.1 Å². The zero-order valence-electron chi connectivity index (χ0n) is 17.9. The molecule has 0 bridgehead atoms. The Kier molecular flexibility index (Phi) is 5.17.